The Morgan fingerprint density at radius 3 is 2.38 bits per heavy atom. The molecule has 0 bridgehead atoms. The molecule has 0 spiro atoms. The molecule has 1 fully saturated rings. The lowest BCUT2D eigenvalue weighted by atomic mass is 10.1. The van der Waals surface area contributed by atoms with E-state index in [-0.39, 0.29) is 5.75 Å². The molecule has 1 saturated heterocycles. The van der Waals surface area contributed by atoms with E-state index < -0.39 is 6.61 Å². The van der Waals surface area contributed by atoms with Gasteiger partial charge < -0.3 is 14.2 Å². The normalized spacial score (nSPS) is 16.6. The molecular formula is C16H23BrF2N2O3. The van der Waals surface area contributed by atoms with E-state index in [1.807, 2.05) is 0 Å². The van der Waals surface area contributed by atoms with E-state index in [9.17, 15) is 8.78 Å². The molecule has 1 aliphatic heterocycles. The fourth-order valence-electron chi connectivity index (χ4n) is 2.72. The van der Waals surface area contributed by atoms with Crippen LogP contribution in [-0.4, -0.2) is 70.0 Å². The van der Waals surface area contributed by atoms with Gasteiger partial charge in [-0.2, -0.15) is 8.78 Å². The van der Waals surface area contributed by atoms with Crippen molar-refractivity contribution in [1.29, 1.82) is 0 Å². The van der Waals surface area contributed by atoms with Crippen LogP contribution in [-0.2, 0) is 11.3 Å². The Kier molecular flexibility index (Phi) is 7.67. The summed E-state index contributed by atoms with van der Waals surface area (Å²) in [7, 11) is 3.15. The smallest absolute Gasteiger partial charge is 0.387 e. The molecule has 0 aliphatic carbocycles. The van der Waals surface area contributed by atoms with Crippen LogP contribution in [0, 0.1) is 0 Å². The van der Waals surface area contributed by atoms with Crippen molar-refractivity contribution in [1.82, 2.24) is 9.80 Å². The molecule has 8 heteroatoms. The SMILES string of the molecule is COCCN1CCN(Cc2cc(Br)c(OC(F)F)c(OC)c2)CC1. The third-order valence-corrected chi connectivity index (χ3v) is 4.57. The van der Waals surface area contributed by atoms with Gasteiger partial charge in [0.2, 0.25) is 0 Å². The maximum absolute atomic E-state index is 12.5. The summed E-state index contributed by atoms with van der Waals surface area (Å²) in [6.07, 6.45) is 0. The number of piperazine rings is 1. The van der Waals surface area contributed by atoms with Gasteiger partial charge >= 0.3 is 6.61 Å². The second kappa shape index (κ2) is 9.50. The average molecular weight is 409 g/mol. The molecule has 0 aromatic heterocycles. The Morgan fingerprint density at radius 2 is 1.79 bits per heavy atom. The van der Waals surface area contributed by atoms with Gasteiger partial charge in [0.1, 0.15) is 0 Å². The lowest BCUT2D eigenvalue weighted by Crippen LogP contribution is -2.46. The first kappa shape index (κ1) is 19.4. The fraction of sp³-hybridized carbons (Fsp3) is 0.625. The fourth-order valence-corrected chi connectivity index (χ4v) is 3.30. The zero-order valence-electron chi connectivity index (χ0n) is 13.9. The molecule has 0 unspecified atom stereocenters. The lowest BCUT2D eigenvalue weighted by Gasteiger charge is -2.34. The van der Waals surface area contributed by atoms with Crippen molar-refractivity contribution in [2.75, 3.05) is 53.6 Å². The Bertz CT molecular complexity index is 526. The second-order valence-electron chi connectivity index (χ2n) is 5.60. The number of rotatable bonds is 8. The van der Waals surface area contributed by atoms with Crippen LogP contribution in [0.25, 0.3) is 0 Å². The number of benzene rings is 1. The van der Waals surface area contributed by atoms with Crippen molar-refractivity contribution in [3.63, 3.8) is 0 Å². The van der Waals surface area contributed by atoms with Gasteiger partial charge in [-0.3, -0.25) is 9.80 Å². The van der Waals surface area contributed by atoms with Crippen LogP contribution in [0.2, 0.25) is 0 Å². The van der Waals surface area contributed by atoms with Crippen LogP contribution < -0.4 is 9.47 Å². The van der Waals surface area contributed by atoms with Gasteiger partial charge in [0, 0.05) is 46.4 Å². The summed E-state index contributed by atoms with van der Waals surface area (Å²) in [5.74, 6) is 0.332. The molecule has 0 saturated carbocycles. The van der Waals surface area contributed by atoms with Crippen LogP contribution in [0.3, 0.4) is 0 Å². The van der Waals surface area contributed by atoms with E-state index in [1.54, 1.807) is 19.2 Å². The number of methoxy groups -OCH3 is 2. The van der Waals surface area contributed by atoms with E-state index in [0.717, 1.165) is 51.4 Å². The van der Waals surface area contributed by atoms with Gasteiger partial charge in [-0.25, -0.2) is 0 Å². The zero-order chi connectivity index (χ0) is 17.5. The quantitative estimate of drug-likeness (QED) is 0.660. The van der Waals surface area contributed by atoms with Crippen molar-refractivity contribution >= 4 is 15.9 Å². The van der Waals surface area contributed by atoms with E-state index in [0.29, 0.717) is 10.2 Å². The summed E-state index contributed by atoms with van der Waals surface area (Å²) in [5, 5.41) is 0. The van der Waals surface area contributed by atoms with E-state index in [1.165, 1.54) is 7.11 Å². The summed E-state index contributed by atoms with van der Waals surface area (Å²) in [5.41, 5.74) is 0.991. The van der Waals surface area contributed by atoms with Gasteiger partial charge in [-0.15, -0.1) is 0 Å². The highest BCUT2D eigenvalue weighted by atomic mass is 79.9. The first-order chi connectivity index (χ1) is 11.5. The maximum atomic E-state index is 12.5. The summed E-state index contributed by atoms with van der Waals surface area (Å²) in [6.45, 7) is 3.45. The van der Waals surface area contributed by atoms with Crippen LogP contribution >= 0.6 is 15.9 Å². The van der Waals surface area contributed by atoms with Crippen LogP contribution in [0.4, 0.5) is 8.78 Å². The topological polar surface area (TPSA) is 34.2 Å². The number of ether oxygens (including phenoxy) is 3. The molecule has 5 nitrogen and oxygen atoms in total. The molecule has 1 aromatic carbocycles. The molecule has 1 heterocycles. The summed E-state index contributed by atoms with van der Waals surface area (Å²) in [6, 6.07) is 3.55. The maximum Gasteiger partial charge on any atom is 0.387 e. The molecule has 1 aliphatic rings. The minimum Gasteiger partial charge on any atom is -0.493 e. The van der Waals surface area contributed by atoms with E-state index in [2.05, 4.69) is 30.5 Å². The van der Waals surface area contributed by atoms with Gasteiger partial charge in [-0.05, 0) is 33.6 Å². The summed E-state index contributed by atoms with van der Waals surface area (Å²) < 4.78 is 40.3. The number of alkyl halides is 2. The van der Waals surface area contributed by atoms with Gasteiger partial charge in [-0.1, -0.05) is 0 Å². The number of halogens is 3. The van der Waals surface area contributed by atoms with Crippen molar-refractivity contribution in [2.24, 2.45) is 0 Å². The third kappa shape index (κ3) is 5.54. The average Bonchev–Trinajstić information content (AvgIpc) is 2.56. The molecule has 0 atom stereocenters. The highest BCUT2D eigenvalue weighted by Crippen LogP contribution is 2.38. The monoisotopic (exact) mass is 408 g/mol. The highest BCUT2D eigenvalue weighted by Gasteiger charge is 2.19. The van der Waals surface area contributed by atoms with Gasteiger partial charge in [0.05, 0.1) is 18.2 Å². The molecule has 0 radical (unpaired) electrons. The minimum absolute atomic E-state index is 0.0284. The minimum atomic E-state index is -2.89. The number of hydrogen-bond donors (Lipinski definition) is 0. The molecular weight excluding hydrogens is 386 g/mol. The molecule has 2 rings (SSSR count). The van der Waals surface area contributed by atoms with E-state index in [4.69, 9.17) is 9.47 Å². The summed E-state index contributed by atoms with van der Waals surface area (Å²) in [4.78, 5) is 4.70. The zero-order valence-corrected chi connectivity index (χ0v) is 15.5. The molecule has 0 N–H and O–H groups in total. The number of hydrogen-bond acceptors (Lipinski definition) is 5. The highest BCUT2D eigenvalue weighted by molar-refractivity contribution is 9.10. The van der Waals surface area contributed by atoms with Gasteiger partial charge in [0.25, 0.3) is 0 Å². The Balaban J connectivity index is 1.97. The first-order valence-electron chi connectivity index (χ1n) is 7.78. The summed E-state index contributed by atoms with van der Waals surface area (Å²) >= 11 is 3.29. The van der Waals surface area contributed by atoms with E-state index >= 15 is 0 Å². The molecule has 0 amide bonds. The van der Waals surface area contributed by atoms with Crippen molar-refractivity contribution in [2.45, 2.75) is 13.2 Å². The predicted octanol–water partition coefficient (Wildman–Crippen LogP) is 2.82. The third-order valence-electron chi connectivity index (χ3n) is 3.98. The first-order valence-corrected chi connectivity index (χ1v) is 8.57. The Morgan fingerprint density at radius 1 is 1.12 bits per heavy atom. The Hall–Kier alpha value is -0.960. The van der Waals surface area contributed by atoms with Crippen LogP contribution in [0.5, 0.6) is 11.5 Å². The van der Waals surface area contributed by atoms with Crippen LogP contribution in [0.15, 0.2) is 16.6 Å². The lowest BCUT2D eigenvalue weighted by molar-refractivity contribution is -0.0517. The number of nitrogens with zero attached hydrogens (tertiary/aromatic N) is 2. The Labute approximate surface area is 149 Å². The van der Waals surface area contributed by atoms with Crippen molar-refractivity contribution in [3.8, 4) is 11.5 Å². The standard InChI is InChI=1S/C16H23BrF2N2O3/c1-22-8-7-20-3-5-21(6-4-20)11-12-9-13(17)15(24-16(18)19)14(10-12)23-2/h9-10,16H,3-8,11H2,1-2H3. The van der Waals surface area contributed by atoms with Gasteiger partial charge in [0.15, 0.2) is 11.5 Å². The molecule has 24 heavy (non-hydrogen) atoms. The largest absolute Gasteiger partial charge is 0.493 e. The van der Waals surface area contributed by atoms with Crippen LogP contribution in [0.1, 0.15) is 5.56 Å². The second-order valence-corrected chi connectivity index (χ2v) is 6.45. The van der Waals surface area contributed by atoms with Crippen molar-refractivity contribution < 1.29 is 23.0 Å². The predicted molar refractivity (Wildman–Crippen MR) is 90.9 cm³/mol. The molecule has 136 valence electrons. The van der Waals surface area contributed by atoms with Crippen molar-refractivity contribution in [3.05, 3.63) is 22.2 Å². The molecule has 1 aromatic rings.